The first-order valence-corrected chi connectivity index (χ1v) is 9.69. The maximum Gasteiger partial charge on any atom is 0.265 e. The Kier molecular flexibility index (Phi) is 6.47. The van der Waals surface area contributed by atoms with Gasteiger partial charge in [0.2, 0.25) is 0 Å². The monoisotopic (exact) mass is 428 g/mol. The second-order valence-corrected chi connectivity index (χ2v) is 6.95. The van der Waals surface area contributed by atoms with E-state index >= 15 is 0 Å². The maximum atomic E-state index is 13.8. The standard InChI is InChI=1S/C22H21FN2O4S/c1-4-28-19-12-14(11-16-20(26)24(2)22(30)25(3)21(16)27)9-10-18(19)29-13-15-7-5-6-8-17(15)23/h5-12H,4,13H2,1-3H3. The van der Waals surface area contributed by atoms with Gasteiger partial charge in [0.15, 0.2) is 16.6 Å². The first-order chi connectivity index (χ1) is 14.3. The third kappa shape index (κ3) is 4.33. The summed E-state index contributed by atoms with van der Waals surface area (Å²) in [6.45, 7) is 2.25. The van der Waals surface area contributed by atoms with Gasteiger partial charge in [0, 0.05) is 19.7 Å². The van der Waals surface area contributed by atoms with Gasteiger partial charge in [0.05, 0.1) is 6.61 Å². The summed E-state index contributed by atoms with van der Waals surface area (Å²) in [6, 6.07) is 11.4. The maximum absolute atomic E-state index is 13.8. The molecule has 2 aromatic carbocycles. The highest BCUT2D eigenvalue weighted by Crippen LogP contribution is 2.31. The lowest BCUT2D eigenvalue weighted by atomic mass is 10.1. The number of carbonyl (C=O) groups excluding carboxylic acids is 2. The molecule has 1 heterocycles. The Labute approximate surface area is 179 Å². The Balaban J connectivity index is 1.88. The van der Waals surface area contributed by atoms with Crippen molar-refractivity contribution >= 4 is 35.2 Å². The molecule has 0 unspecified atom stereocenters. The van der Waals surface area contributed by atoms with Gasteiger partial charge >= 0.3 is 0 Å². The van der Waals surface area contributed by atoms with E-state index < -0.39 is 11.8 Å². The zero-order valence-corrected chi connectivity index (χ0v) is 17.7. The molecule has 1 fully saturated rings. The largest absolute Gasteiger partial charge is 0.490 e. The Bertz CT molecular complexity index is 1010. The lowest BCUT2D eigenvalue weighted by molar-refractivity contribution is -0.132. The number of thiocarbonyl (C=S) groups is 1. The molecular formula is C22H21FN2O4S. The van der Waals surface area contributed by atoms with Crippen molar-refractivity contribution in [1.29, 1.82) is 0 Å². The second-order valence-electron chi connectivity index (χ2n) is 6.59. The molecule has 0 atom stereocenters. The minimum Gasteiger partial charge on any atom is -0.490 e. The highest BCUT2D eigenvalue weighted by atomic mass is 32.1. The molecule has 8 heteroatoms. The fraction of sp³-hybridized carbons (Fsp3) is 0.227. The zero-order valence-electron chi connectivity index (χ0n) is 16.8. The van der Waals surface area contributed by atoms with Gasteiger partial charge < -0.3 is 9.47 Å². The minimum absolute atomic E-state index is 0.00364. The molecule has 0 aromatic heterocycles. The van der Waals surface area contributed by atoms with E-state index in [0.29, 0.717) is 29.2 Å². The van der Waals surface area contributed by atoms with Crippen LogP contribution in [0.3, 0.4) is 0 Å². The molecule has 2 amide bonds. The summed E-state index contributed by atoms with van der Waals surface area (Å²) in [7, 11) is 3.04. The molecule has 0 N–H and O–H groups in total. The minimum atomic E-state index is -0.471. The smallest absolute Gasteiger partial charge is 0.265 e. The quantitative estimate of drug-likeness (QED) is 0.401. The van der Waals surface area contributed by atoms with E-state index in [1.807, 2.05) is 6.92 Å². The summed E-state index contributed by atoms with van der Waals surface area (Å²) in [5.41, 5.74) is 1.01. The highest BCUT2D eigenvalue weighted by Gasteiger charge is 2.35. The van der Waals surface area contributed by atoms with Crippen molar-refractivity contribution < 1.29 is 23.5 Å². The van der Waals surface area contributed by atoms with Crippen LogP contribution in [0.25, 0.3) is 6.08 Å². The number of nitrogens with zero attached hydrogens (tertiary/aromatic N) is 2. The van der Waals surface area contributed by atoms with Crippen LogP contribution in [0.1, 0.15) is 18.1 Å². The van der Waals surface area contributed by atoms with Gasteiger partial charge in [-0.1, -0.05) is 24.3 Å². The number of ether oxygens (including phenoxy) is 2. The molecule has 0 spiro atoms. The number of hydrogen-bond acceptors (Lipinski definition) is 5. The predicted octanol–water partition coefficient (Wildman–Crippen LogP) is 3.40. The van der Waals surface area contributed by atoms with Crippen molar-refractivity contribution in [2.75, 3.05) is 20.7 Å². The first-order valence-electron chi connectivity index (χ1n) is 9.28. The molecule has 3 rings (SSSR count). The molecule has 2 aromatic rings. The van der Waals surface area contributed by atoms with Crippen molar-refractivity contribution in [3.8, 4) is 11.5 Å². The van der Waals surface area contributed by atoms with E-state index in [2.05, 4.69) is 0 Å². The third-order valence-corrected chi connectivity index (χ3v) is 5.11. The molecule has 6 nitrogen and oxygen atoms in total. The summed E-state index contributed by atoms with van der Waals surface area (Å²) in [5.74, 6) is -0.436. The molecule has 30 heavy (non-hydrogen) atoms. The van der Waals surface area contributed by atoms with E-state index in [1.165, 1.54) is 36.0 Å². The molecule has 156 valence electrons. The van der Waals surface area contributed by atoms with Crippen LogP contribution in [0.15, 0.2) is 48.0 Å². The lowest BCUT2D eigenvalue weighted by Crippen LogP contribution is -2.52. The Hall–Kier alpha value is -3.26. The fourth-order valence-corrected chi connectivity index (χ4v) is 3.08. The Morgan fingerprint density at radius 3 is 2.30 bits per heavy atom. The highest BCUT2D eigenvalue weighted by molar-refractivity contribution is 7.80. The zero-order chi connectivity index (χ0) is 21.8. The number of rotatable bonds is 6. The van der Waals surface area contributed by atoms with Crippen LogP contribution in [0, 0.1) is 5.82 Å². The lowest BCUT2D eigenvalue weighted by Gasteiger charge is -2.31. The van der Waals surface area contributed by atoms with Crippen molar-refractivity contribution in [3.63, 3.8) is 0 Å². The summed E-state index contributed by atoms with van der Waals surface area (Å²) in [6.07, 6.45) is 1.49. The van der Waals surface area contributed by atoms with Gasteiger partial charge in [-0.25, -0.2) is 4.39 Å². The Morgan fingerprint density at radius 1 is 1.00 bits per heavy atom. The van der Waals surface area contributed by atoms with Crippen LogP contribution in [-0.4, -0.2) is 47.4 Å². The van der Waals surface area contributed by atoms with Gasteiger partial charge in [0.25, 0.3) is 11.8 Å². The van der Waals surface area contributed by atoms with Gasteiger partial charge in [-0.05, 0) is 49.0 Å². The van der Waals surface area contributed by atoms with Gasteiger partial charge in [-0.2, -0.15) is 0 Å². The summed E-state index contributed by atoms with van der Waals surface area (Å²) < 4.78 is 25.2. The fourth-order valence-electron chi connectivity index (χ4n) is 2.91. The third-order valence-electron chi connectivity index (χ3n) is 4.56. The molecule has 0 radical (unpaired) electrons. The summed E-state index contributed by atoms with van der Waals surface area (Å²) in [5, 5.41) is 0.147. The number of hydrogen-bond donors (Lipinski definition) is 0. The number of amides is 2. The van der Waals surface area contributed by atoms with Crippen LogP contribution >= 0.6 is 12.2 Å². The van der Waals surface area contributed by atoms with Gasteiger partial charge in [0.1, 0.15) is 18.0 Å². The molecule has 0 saturated carbocycles. The number of benzene rings is 2. The molecule has 0 aliphatic carbocycles. The molecular weight excluding hydrogens is 407 g/mol. The number of carbonyl (C=O) groups is 2. The van der Waals surface area contributed by atoms with Crippen LogP contribution in [0.4, 0.5) is 4.39 Å². The molecule has 1 aliphatic heterocycles. The molecule has 1 saturated heterocycles. The van der Waals surface area contributed by atoms with Crippen molar-refractivity contribution in [1.82, 2.24) is 9.80 Å². The number of halogens is 1. The molecule has 1 aliphatic rings. The van der Waals surface area contributed by atoms with E-state index in [4.69, 9.17) is 21.7 Å². The van der Waals surface area contributed by atoms with E-state index in [0.717, 1.165) is 0 Å². The van der Waals surface area contributed by atoms with Crippen LogP contribution in [0.2, 0.25) is 0 Å². The first kappa shape index (κ1) is 21.4. The number of likely N-dealkylation sites (N-methyl/N-ethyl adjacent to an activating group) is 2. The van der Waals surface area contributed by atoms with E-state index in [-0.39, 0.29) is 23.1 Å². The normalized spacial score (nSPS) is 14.3. The van der Waals surface area contributed by atoms with Crippen LogP contribution < -0.4 is 9.47 Å². The van der Waals surface area contributed by atoms with Gasteiger partial charge in [-0.15, -0.1) is 0 Å². The van der Waals surface area contributed by atoms with E-state index in [1.54, 1.807) is 36.4 Å². The second kappa shape index (κ2) is 9.04. The van der Waals surface area contributed by atoms with Crippen LogP contribution in [-0.2, 0) is 16.2 Å². The average Bonchev–Trinajstić information content (AvgIpc) is 2.74. The molecule has 0 bridgehead atoms. The summed E-state index contributed by atoms with van der Waals surface area (Å²) >= 11 is 5.09. The van der Waals surface area contributed by atoms with Crippen molar-refractivity contribution in [2.24, 2.45) is 0 Å². The van der Waals surface area contributed by atoms with Crippen molar-refractivity contribution in [2.45, 2.75) is 13.5 Å². The van der Waals surface area contributed by atoms with E-state index in [9.17, 15) is 14.0 Å². The predicted molar refractivity (Wildman–Crippen MR) is 114 cm³/mol. The topological polar surface area (TPSA) is 59.1 Å². The van der Waals surface area contributed by atoms with Gasteiger partial charge in [-0.3, -0.25) is 19.4 Å². The average molecular weight is 428 g/mol. The SMILES string of the molecule is CCOc1cc(C=C2C(=O)N(C)C(=S)N(C)C2=O)ccc1OCc1ccccc1F. The van der Waals surface area contributed by atoms with Crippen LogP contribution in [0.5, 0.6) is 11.5 Å². The Morgan fingerprint density at radius 2 is 1.67 bits per heavy atom. The summed E-state index contributed by atoms with van der Waals surface area (Å²) in [4.78, 5) is 27.5. The van der Waals surface area contributed by atoms with Crippen molar-refractivity contribution in [3.05, 3.63) is 65.0 Å².